The minimum absolute atomic E-state index is 0. The molecule has 2 unspecified atom stereocenters. The molecule has 0 aliphatic carbocycles. The maximum Gasteiger partial charge on any atom is 1.00 e. The van der Waals surface area contributed by atoms with E-state index in [1.54, 1.807) is 81.7 Å². The molecule has 5 rings (SSSR count). The van der Waals surface area contributed by atoms with Gasteiger partial charge in [0.05, 0.1) is 144 Å². The number of allylic oxidation sites excluding steroid dienone is 2. The summed E-state index contributed by atoms with van der Waals surface area (Å²) in [6.45, 7) is 58.4. The Morgan fingerprint density at radius 3 is 1.25 bits per heavy atom. The van der Waals surface area contributed by atoms with Gasteiger partial charge in [0.15, 0.2) is 0 Å². The molecule has 31 nitrogen and oxygen atoms in total. The standard InChI is InChI=1S/2C12H20N2O3.C12H21NO5.C11H17NO.C10H21NO4.C9H18O2.C9H16O2.C7H12N2O.C5H12O.B.2ClH.Li.H/c1-12(2,3)17-11(15)14-9-4-5-10(6-7-13)16-8-9;1-12(2,3)17-11(16)14-10(9-15)7-5-6-8-13-4;1-8(14)6-7-9(10(15)17-5)13-11(16)18-12(2,3)4;1-11(2)8-10(9-13-11)6-4-5-7-12-3;1-10(2,3)15-9(14)11-8(7-13)5-4-6-12;2*1-9(2)6-8(7-11-9)4-3-5-10;8-4-3-7-2-1-6(9)5-10-7;1-5(2,3)6-4;;;;;/h9-10H,4-6,8H2,1-3H3,(H,14,15);6,8,10,15H,5,7,9H2,1-3H3,(H,14,16);9H,6-7H2,1-5H3,(H,13,16);5,7,10H,4,6,8-9H2,1-2H3;8,12-13H,4-7H2,1-3H3,(H,11,14);8,10H,3-7H2,1-2H3;5,8H,3-4,6-7H2,1-2H3;6-7H,1-3,5,9H2;1-4H3;;2*1H;;/q;;;;;;;;;;;;+1;-1/t9-,10?;10-;9-;10-;3*8-;6-,7?;;;;;;/m00010110....../s1. The van der Waals surface area contributed by atoms with Crippen molar-refractivity contribution in [3.63, 3.8) is 0 Å². The Morgan fingerprint density at radius 1 is 0.549 bits per heavy atom. The average Bonchev–Trinajstić information content (AvgIpc) is 1.78. The summed E-state index contributed by atoms with van der Waals surface area (Å²) in [4.78, 5) is 84.3. The second-order valence-corrected chi connectivity index (χ2v) is 36.3. The number of esters is 1. The quantitative estimate of drug-likeness (QED) is 0.0121. The molecule has 4 amide bonds. The number of hydrogen-bond acceptors (Lipinski definition) is 25. The summed E-state index contributed by atoms with van der Waals surface area (Å²) in [6, 6.07) is 2.78. The number of aliphatic hydroxyl groups is 4. The molecule has 0 saturated carbocycles. The zero-order chi connectivity index (χ0) is 91.4. The Morgan fingerprint density at radius 2 is 0.926 bits per heavy atom. The number of halogens is 2. The van der Waals surface area contributed by atoms with Crippen LogP contribution < -0.4 is 45.9 Å². The van der Waals surface area contributed by atoms with E-state index in [1.165, 1.54) is 20.2 Å². The number of aliphatic hydroxyl groups excluding tert-OH is 4. The number of carbonyl (C=O) groups excluding carboxylic acids is 7. The van der Waals surface area contributed by atoms with E-state index in [4.69, 9.17) is 97.2 Å². The van der Waals surface area contributed by atoms with Crippen LogP contribution in [0.5, 0.6) is 0 Å². The molecule has 5 aliphatic heterocycles. The van der Waals surface area contributed by atoms with Crippen LogP contribution in [0, 0.1) is 53.6 Å². The average molecular weight is 1770 g/mol. The van der Waals surface area contributed by atoms with Crippen molar-refractivity contribution in [1.29, 1.82) is 10.5 Å². The van der Waals surface area contributed by atoms with Gasteiger partial charge in [0.2, 0.25) is 0 Å². The summed E-state index contributed by atoms with van der Waals surface area (Å²) in [7, 11) is 2.93. The number of nitrogens with two attached hydrogens (primary N) is 1. The van der Waals surface area contributed by atoms with E-state index in [9.17, 15) is 33.6 Å². The third kappa shape index (κ3) is 84.9. The predicted octanol–water partition coefficient (Wildman–Crippen LogP) is 11.9. The van der Waals surface area contributed by atoms with Crippen molar-refractivity contribution in [2.24, 2.45) is 23.5 Å². The van der Waals surface area contributed by atoms with Crippen LogP contribution in [0.2, 0.25) is 0 Å². The smallest absolute Gasteiger partial charge is 1.00 e. The maximum absolute atomic E-state index is 11.5. The summed E-state index contributed by atoms with van der Waals surface area (Å²) in [6.07, 6.45) is 21.9. The fourth-order valence-corrected chi connectivity index (χ4v) is 11.2. The zero-order valence-corrected chi connectivity index (χ0v) is 80.4. The predicted molar refractivity (Wildman–Crippen MR) is 476 cm³/mol. The van der Waals surface area contributed by atoms with Gasteiger partial charge in [-0.3, -0.25) is 0 Å². The van der Waals surface area contributed by atoms with Crippen molar-refractivity contribution < 1.29 is 126 Å². The Bertz CT molecular complexity index is 3000. The Kier molecular flexibility index (Phi) is 77.9. The Labute approximate surface area is 760 Å². The van der Waals surface area contributed by atoms with E-state index in [0.717, 1.165) is 103 Å². The molecule has 35 heteroatoms. The van der Waals surface area contributed by atoms with Crippen molar-refractivity contribution >= 4 is 75.6 Å². The number of nitriles is 2. The molecule has 0 spiro atoms. The molecule has 0 aromatic heterocycles. The summed E-state index contributed by atoms with van der Waals surface area (Å²) in [5, 5.41) is 62.4. The number of Topliss-reactive ketones (excluding diaryl/α,β-unsaturated/α-hetero) is 1. The molecule has 10 N–H and O–H groups in total. The second kappa shape index (κ2) is 72.2. The topological polar surface area (TPSA) is 432 Å². The van der Waals surface area contributed by atoms with Gasteiger partial charge in [0.1, 0.15) is 52.9 Å². The number of aldehydes is 1. The van der Waals surface area contributed by atoms with E-state index in [2.05, 4.69) is 89.4 Å². The molecule has 122 heavy (non-hydrogen) atoms. The normalized spacial score (nSPS) is 20.1. The number of amides is 4. The molecule has 5 heterocycles. The minimum Gasteiger partial charge on any atom is -1.00 e. The molecule has 0 bridgehead atoms. The molecular formula is C87H160BCl2LiN9O22. The summed E-state index contributed by atoms with van der Waals surface area (Å²) < 4.78 is 57.3. The van der Waals surface area contributed by atoms with Gasteiger partial charge in [0.25, 0.3) is 0 Å². The van der Waals surface area contributed by atoms with Gasteiger partial charge in [-0.05, 0) is 279 Å². The number of ketones is 1. The van der Waals surface area contributed by atoms with Gasteiger partial charge < -0.3 is 111 Å². The van der Waals surface area contributed by atoms with Gasteiger partial charge in [-0.25, -0.2) is 33.7 Å². The molecular weight excluding hydrogens is 1610 g/mol. The van der Waals surface area contributed by atoms with E-state index >= 15 is 0 Å². The SMILES string of the molecule is CC(C)(C)OC(=O)N[C@H](CO)CCCO.CC(C)(C)OC(=O)N[C@H]1CCC(CC#N)OC1.CC1(C)C[C@@H](CCC=O)CO1.CC1(C)C[C@@H](CCCO)CO1.COC(=O)[C@H](CCC(C)=O)NC(=O)OC(C)(C)C.COC(C)(C)C.Cl.Cl.N#CCC1CC[C@H](N)CO1.[B].[C-]#[N+]C=CCC[C@@H](CO)NC(=O)OC(C)(C)C.[C-]#[N+]C=CCC[C@H]1COC(C)(C)C1.[H-].[Li+]. The van der Waals surface area contributed by atoms with Gasteiger partial charge in [-0.1, -0.05) is 12.2 Å². The number of methoxy groups -OCH3 is 2. The van der Waals surface area contributed by atoms with Crippen LogP contribution >= 0.6 is 24.8 Å². The van der Waals surface area contributed by atoms with Crippen molar-refractivity contribution in [2.45, 2.75) is 374 Å². The monoisotopic (exact) mass is 1770 g/mol. The van der Waals surface area contributed by atoms with Crippen LogP contribution in [0.25, 0.3) is 9.69 Å². The number of carbonyl (C=O) groups is 7. The number of hydrogen-bond donors (Lipinski definition) is 9. The molecule has 5 fully saturated rings. The summed E-state index contributed by atoms with van der Waals surface area (Å²) in [5.41, 5.74) is 3.62. The molecule has 10 atom stereocenters. The third-order valence-electron chi connectivity index (χ3n) is 17.0. The number of nitrogens with one attached hydrogen (secondary N) is 4. The molecule has 703 valence electrons. The third-order valence-corrected chi connectivity index (χ3v) is 17.0. The van der Waals surface area contributed by atoms with Gasteiger partial charge in [-0.2, -0.15) is 10.5 Å². The molecule has 5 saturated heterocycles. The zero-order valence-electron chi connectivity index (χ0n) is 79.8. The van der Waals surface area contributed by atoms with Crippen LogP contribution in [0.3, 0.4) is 0 Å². The Balaban J connectivity index is -0.000000171. The maximum atomic E-state index is 11.5. The van der Waals surface area contributed by atoms with Crippen LogP contribution in [-0.2, 0) is 66.5 Å². The van der Waals surface area contributed by atoms with Crippen LogP contribution in [0.15, 0.2) is 24.6 Å². The Hall–Kier alpha value is -5.87. The van der Waals surface area contributed by atoms with Crippen molar-refractivity contribution in [2.75, 3.05) is 73.7 Å². The summed E-state index contributed by atoms with van der Waals surface area (Å²) in [5.74, 6) is 1.31. The van der Waals surface area contributed by atoms with Crippen LogP contribution in [0.1, 0.15) is 289 Å². The summed E-state index contributed by atoms with van der Waals surface area (Å²) >= 11 is 0. The fraction of sp³-hybridized carbons (Fsp3) is 0.828. The van der Waals surface area contributed by atoms with Crippen molar-refractivity contribution in [3.05, 3.63) is 47.4 Å². The first-order valence-electron chi connectivity index (χ1n) is 41.3. The molecule has 0 aromatic carbocycles. The largest absolute Gasteiger partial charge is 1.00 e. The van der Waals surface area contributed by atoms with E-state index in [-0.39, 0.29) is 151 Å². The van der Waals surface area contributed by atoms with E-state index < -0.39 is 58.8 Å². The van der Waals surface area contributed by atoms with Crippen LogP contribution in [0.4, 0.5) is 19.2 Å². The van der Waals surface area contributed by atoms with Crippen molar-refractivity contribution in [3.8, 4) is 12.1 Å². The van der Waals surface area contributed by atoms with E-state index in [0.29, 0.717) is 82.5 Å². The fourth-order valence-electron chi connectivity index (χ4n) is 11.2. The van der Waals surface area contributed by atoms with Gasteiger partial charge >= 0.3 is 49.2 Å². The van der Waals surface area contributed by atoms with Crippen molar-refractivity contribution in [1.82, 2.24) is 21.3 Å². The van der Waals surface area contributed by atoms with Gasteiger partial charge in [-0.15, -0.1) is 24.8 Å². The number of rotatable bonds is 27. The number of ether oxygens (including phenoxy) is 11. The van der Waals surface area contributed by atoms with E-state index in [1.807, 2.05) is 47.6 Å². The van der Waals surface area contributed by atoms with Crippen LogP contribution in [-0.4, -0.2) is 232 Å². The first kappa shape index (κ1) is 132. The first-order valence-corrected chi connectivity index (χ1v) is 41.3. The minimum atomic E-state index is -0.867. The second-order valence-electron chi connectivity index (χ2n) is 36.3. The number of alkyl carbamates (subject to hydrolysis) is 4. The molecule has 0 aromatic rings. The molecule has 3 radical (unpaired) electrons. The van der Waals surface area contributed by atoms with Gasteiger partial charge in [0, 0.05) is 47.6 Å². The number of nitrogens with zero attached hydrogens (tertiary/aromatic N) is 4. The first-order chi connectivity index (χ1) is 54.6. The molecule has 5 aliphatic rings.